The van der Waals surface area contributed by atoms with Crippen molar-refractivity contribution < 1.29 is 4.79 Å². The number of thioether (sulfide) groups is 1. The molecule has 140 valence electrons. The molecule has 1 saturated heterocycles. The third kappa shape index (κ3) is 4.51. The molecule has 1 N–H and O–H groups in total. The van der Waals surface area contributed by atoms with Gasteiger partial charge in [0.1, 0.15) is 0 Å². The second kappa shape index (κ2) is 8.41. The van der Waals surface area contributed by atoms with Gasteiger partial charge in [0.25, 0.3) is 0 Å². The lowest BCUT2D eigenvalue weighted by Gasteiger charge is -2.23. The summed E-state index contributed by atoms with van der Waals surface area (Å²) in [4.78, 5) is 16.0. The van der Waals surface area contributed by atoms with Crippen molar-refractivity contribution >= 4 is 51.2 Å². The Morgan fingerprint density at radius 2 is 2.26 bits per heavy atom. The van der Waals surface area contributed by atoms with Crippen LogP contribution in [0.3, 0.4) is 0 Å². The fourth-order valence-corrected chi connectivity index (χ4v) is 5.74. The second-order valence-corrected chi connectivity index (χ2v) is 9.60. The predicted octanol–water partition coefficient (Wildman–Crippen LogP) is 5.11. The van der Waals surface area contributed by atoms with Crippen LogP contribution in [0, 0.1) is 6.92 Å². The van der Waals surface area contributed by atoms with E-state index in [0.717, 1.165) is 34.5 Å². The second-order valence-electron chi connectivity index (χ2n) is 6.42. The normalized spacial score (nSPS) is 16.6. The number of hydrogen-bond donors (Lipinski definition) is 1. The van der Waals surface area contributed by atoms with Gasteiger partial charge in [0.05, 0.1) is 11.8 Å². The number of benzene rings is 1. The van der Waals surface area contributed by atoms with Gasteiger partial charge in [-0.3, -0.25) is 4.79 Å². The minimum absolute atomic E-state index is 0.180. The molecule has 1 aliphatic heterocycles. The van der Waals surface area contributed by atoms with E-state index in [2.05, 4.69) is 52.1 Å². The Balaban J connectivity index is 1.33. The van der Waals surface area contributed by atoms with Gasteiger partial charge in [-0.25, -0.2) is 0 Å². The monoisotopic (exact) mass is 416 g/mol. The molecule has 5 nitrogen and oxygen atoms in total. The van der Waals surface area contributed by atoms with E-state index in [0.29, 0.717) is 5.75 Å². The lowest BCUT2D eigenvalue weighted by Crippen LogP contribution is -2.31. The van der Waals surface area contributed by atoms with Gasteiger partial charge in [0, 0.05) is 17.1 Å². The molecule has 0 radical (unpaired) electrons. The number of aromatic nitrogens is 2. The Labute approximate surface area is 170 Å². The molecule has 1 unspecified atom stereocenters. The molecule has 1 aliphatic rings. The van der Waals surface area contributed by atoms with E-state index in [1.165, 1.54) is 33.5 Å². The van der Waals surface area contributed by atoms with Crippen LogP contribution in [0.4, 0.5) is 10.8 Å². The lowest BCUT2D eigenvalue weighted by atomic mass is 10.2. The molecular weight excluding hydrogens is 396 g/mol. The largest absolute Gasteiger partial charge is 0.334 e. The summed E-state index contributed by atoms with van der Waals surface area (Å²) < 4.78 is 0.811. The highest BCUT2D eigenvalue weighted by molar-refractivity contribution is 8.01. The topological polar surface area (TPSA) is 58.1 Å². The summed E-state index contributed by atoms with van der Waals surface area (Å²) in [5.74, 6) is 0.584. The molecule has 1 fully saturated rings. The molecule has 4 rings (SSSR count). The molecule has 0 spiro atoms. The van der Waals surface area contributed by atoms with Crippen molar-refractivity contribution in [2.24, 2.45) is 0 Å². The van der Waals surface area contributed by atoms with Crippen LogP contribution in [-0.4, -0.2) is 33.3 Å². The fraction of sp³-hybridized carbons (Fsp3) is 0.316. The van der Waals surface area contributed by atoms with Crippen molar-refractivity contribution in [3.63, 3.8) is 0 Å². The summed E-state index contributed by atoms with van der Waals surface area (Å²) in [7, 11) is 0. The van der Waals surface area contributed by atoms with Crippen molar-refractivity contribution in [3.8, 4) is 0 Å². The fourth-order valence-electron chi connectivity index (χ4n) is 3.21. The van der Waals surface area contributed by atoms with Crippen LogP contribution in [0.5, 0.6) is 0 Å². The summed E-state index contributed by atoms with van der Waals surface area (Å²) in [6, 6.07) is 12.6. The van der Waals surface area contributed by atoms with Crippen molar-refractivity contribution in [2.45, 2.75) is 30.1 Å². The van der Waals surface area contributed by atoms with E-state index in [4.69, 9.17) is 0 Å². The predicted molar refractivity (Wildman–Crippen MR) is 113 cm³/mol. The van der Waals surface area contributed by atoms with Gasteiger partial charge < -0.3 is 10.2 Å². The Hall–Kier alpha value is -1.90. The number of carbonyl (C=O) groups is 1. The van der Waals surface area contributed by atoms with Crippen LogP contribution in [0.1, 0.15) is 29.3 Å². The molecule has 1 aromatic carbocycles. The molecule has 0 aliphatic carbocycles. The van der Waals surface area contributed by atoms with Crippen LogP contribution in [0.2, 0.25) is 0 Å². The number of carbonyl (C=O) groups excluding carboxylic acids is 1. The van der Waals surface area contributed by atoms with Crippen LogP contribution in [-0.2, 0) is 4.79 Å². The van der Waals surface area contributed by atoms with Crippen molar-refractivity contribution in [1.29, 1.82) is 0 Å². The zero-order valence-electron chi connectivity index (χ0n) is 14.9. The maximum atomic E-state index is 12.7. The molecule has 2 aromatic heterocycles. The molecule has 1 atom stereocenters. The van der Waals surface area contributed by atoms with Crippen molar-refractivity contribution in [2.75, 3.05) is 17.6 Å². The van der Waals surface area contributed by atoms with E-state index in [-0.39, 0.29) is 11.9 Å². The van der Waals surface area contributed by atoms with Crippen molar-refractivity contribution in [3.05, 3.63) is 52.2 Å². The number of rotatable bonds is 6. The van der Waals surface area contributed by atoms with E-state index >= 15 is 0 Å². The Bertz CT molecular complexity index is 909. The highest BCUT2D eigenvalue weighted by Crippen LogP contribution is 2.35. The number of nitrogens with zero attached hydrogens (tertiary/aromatic N) is 3. The summed E-state index contributed by atoms with van der Waals surface area (Å²) >= 11 is 4.68. The molecule has 27 heavy (non-hydrogen) atoms. The zero-order valence-corrected chi connectivity index (χ0v) is 17.4. The molecule has 3 aromatic rings. The molecule has 8 heteroatoms. The van der Waals surface area contributed by atoms with Crippen molar-refractivity contribution in [1.82, 2.24) is 15.1 Å². The number of hydrogen-bond acceptors (Lipinski definition) is 7. The van der Waals surface area contributed by atoms with Gasteiger partial charge in [-0.1, -0.05) is 41.3 Å². The standard InChI is InChI=1S/C19H20N4OS3/c1-13-5-2-6-14(11-13)20-18-21-22-19(27-18)26-12-17(24)23-9-3-7-15(23)16-8-4-10-25-16/h2,4-6,8,10-11,15H,3,7,9,12H2,1H3,(H,20,21). The Morgan fingerprint density at radius 3 is 3.07 bits per heavy atom. The van der Waals surface area contributed by atoms with Gasteiger partial charge in [0.15, 0.2) is 4.34 Å². The first-order chi connectivity index (χ1) is 13.2. The van der Waals surface area contributed by atoms with E-state index in [1.807, 2.05) is 17.0 Å². The maximum Gasteiger partial charge on any atom is 0.233 e. The number of aryl methyl sites for hydroxylation is 1. The number of nitrogens with one attached hydrogen (secondary N) is 1. The van der Waals surface area contributed by atoms with Gasteiger partial charge >= 0.3 is 0 Å². The molecule has 0 saturated carbocycles. The molecule has 1 amide bonds. The summed E-state index contributed by atoms with van der Waals surface area (Å²) in [6.45, 7) is 2.90. The summed E-state index contributed by atoms with van der Waals surface area (Å²) in [6.07, 6.45) is 2.13. The first-order valence-corrected chi connectivity index (χ1v) is 11.5. The first kappa shape index (κ1) is 18.5. The number of anilines is 2. The quantitative estimate of drug-likeness (QED) is 0.566. The van der Waals surface area contributed by atoms with E-state index < -0.39 is 0 Å². The van der Waals surface area contributed by atoms with E-state index in [1.54, 1.807) is 11.3 Å². The van der Waals surface area contributed by atoms with Gasteiger partial charge in [0.2, 0.25) is 11.0 Å². The molecular formula is C19H20N4OS3. The summed E-state index contributed by atoms with van der Waals surface area (Å²) in [5.41, 5.74) is 2.19. The van der Waals surface area contributed by atoms with Crippen LogP contribution in [0.25, 0.3) is 0 Å². The van der Waals surface area contributed by atoms with Crippen LogP contribution >= 0.6 is 34.4 Å². The first-order valence-electron chi connectivity index (χ1n) is 8.82. The van der Waals surface area contributed by atoms with Gasteiger partial charge in [-0.2, -0.15) is 0 Å². The third-order valence-corrected chi connectivity index (χ3v) is 7.37. The third-order valence-electron chi connectivity index (χ3n) is 4.44. The number of thiophene rings is 1. The maximum absolute atomic E-state index is 12.7. The Kier molecular flexibility index (Phi) is 5.75. The van der Waals surface area contributed by atoms with Gasteiger partial charge in [-0.15, -0.1) is 21.5 Å². The molecule has 3 heterocycles. The zero-order chi connectivity index (χ0) is 18.6. The minimum Gasteiger partial charge on any atom is -0.334 e. The highest BCUT2D eigenvalue weighted by atomic mass is 32.2. The van der Waals surface area contributed by atoms with Crippen LogP contribution in [0.15, 0.2) is 46.1 Å². The average Bonchev–Trinajstić information content (AvgIpc) is 3.40. The average molecular weight is 417 g/mol. The van der Waals surface area contributed by atoms with Crippen LogP contribution < -0.4 is 5.32 Å². The highest BCUT2D eigenvalue weighted by Gasteiger charge is 2.30. The number of likely N-dealkylation sites (tertiary alicyclic amines) is 1. The van der Waals surface area contributed by atoms with Gasteiger partial charge in [-0.05, 0) is 48.9 Å². The number of amides is 1. The minimum atomic E-state index is 0.180. The lowest BCUT2D eigenvalue weighted by molar-refractivity contribution is -0.129. The van der Waals surface area contributed by atoms with E-state index in [9.17, 15) is 4.79 Å². The smallest absolute Gasteiger partial charge is 0.233 e. The SMILES string of the molecule is Cc1cccc(Nc2nnc(SCC(=O)N3CCCC3c3cccs3)s2)c1. The Morgan fingerprint density at radius 1 is 1.33 bits per heavy atom. The molecule has 0 bridgehead atoms. The summed E-state index contributed by atoms with van der Waals surface area (Å²) in [5, 5.41) is 14.5.